The van der Waals surface area contributed by atoms with E-state index in [1.54, 1.807) is 12.1 Å². The van der Waals surface area contributed by atoms with Gasteiger partial charge in [-0.3, -0.25) is 0 Å². The maximum atomic E-state index is 11.0. The van der Waals surface area contributed by atoms with Crippen LogP contribution >= 0.6 is 0 Å². The van der Waals surface area contributed by atoms with Crippen molar-refractivity contribution in [3.8, 4) is 0 Å². The van der Waals surface area contributed by atoms with E-state index in [-0.39, 0.29) is 5.56 Å². The van der Waals surface area contributed by atoms with Crippen molar-refractivity contribution in [2.45, 2.75) is 18.4 Å². The molecular weight excluding hydrogens is 264 g/mol. The van der Waals surface area contributed by atoms with Gasteiger partial charge in [0.1, 0.15) is 0 Å². The Morgan fingerprint density at radius 3 is 2.76 bits per heavy atom. The Hall–Kier alpha value is -2.62. The number of nitrogens with zero attached hydrogens (tertiary/aromatic N) is 2. The summed E-state index contributed by atoms with van der Waals surface area (Å²) in [6.45, 7) is 0. The van der Waals surface area contributed by atoms with Crippen LogP contribution in [-0.2, 0) is 0 Å². The summed E-state index contributed by atoms with van der Waals surface area (Å²) in [5.74, 6) is -0.386. The molecule has 104 valence electrons. The van der Waals surface area contributed by atoms with Gasteiger partial charge in [-0.15, -0.1) is 0 Å². The Balaban J connectivity index is 1.68. The average Bonchev–Trinajstić information content (AvgIpc) is 3.20. The number of aromatic carboxylic acids is 1. The fourth-order valence-corrected chi connectivity index (χ4v) is 2.98. The summed E-state index contributed by atoms with van der Waals surface area (Å²) in [4.78, 5) is 15.4. The summed E-state index contributed by atoms with van der Waals surface area (Å²) < 4.78 is 2.17. The van der Waals surface area contributed by atoms with Crippen molar-refractivity contribution >= 4 is 17.0 Å². The number of hydrogen-bond donors (Lipinski definition) is 1. The molecule has 1 fully saturated rings. The number of carboxylic acids is 1. The molecule has 0 spiro atoms. The Kier molecular flexibility index (Phi) is 2.57. The van der Waals surface area contributed by atoms with E-state index >= 15 is 0 Å². The Bertz CT molecular complexity index is 823. The summed E-state index contributed by atoms with van der Waals surface area (Å²) in [5, 5.41) is 9.03. The van der Waals surface area contributed by atoms with E-state index in [1.807, 2.05) is 18.5 Å². The topological polar surface area (TPSA) is 55.1 Å². The van der Waals surface area contributed by atoms with Crippen LogP contribution < -0.4 is 0 Å². The van der Waals surface area contributed by atoms with Gasteiger partial charge in [0.05, 0.1) is 22.9 Å². The van der Waals surface area contributed by atoms with E-state index in [4.69, 9.17) is 5.11 Å². The van der Waals surface area contributed by atoms with Crippen molar-refractivity contribution in [1.29, 1.82) is 0 Å². The average molecular weight is 278 g/mol. The van der Waals surface area contributed by atoms with Crippen molar-refractivity contribution in [3.63, 3.8) is 0 Å². The Labute approximate surface area is 121 Å². The van der Waals surface area contributed by atoms with Crippen molar-refractivity contribution < 1.29 is 9.90 Å². The lowest BCUT2D eigenvalue weighted by Crippen LogP contribution is -1.97. The van der Waals surface area contributed by atoms with Crippen molar-refractivity contribution in [2.75, 3.05) is 0 Å². The third-order valence-corrected chi connectivity index (χ3v) is 4.16. The summed E-state index contributed by atoms with van der Waals surface area (Å²) in [7, 11) is 0. The van der Waals surface area contributed by atoms with Crippen LogP contribution in [0.1, 0.15) is 34.3 Å². The van der Waals surface area contributed by atoms with Gasteiger partial charge in [-0.1, -0.05) is 30.3 Å². The van der Waals surface area contributed by atoms with Gasteiger partial charge in [0.25, 0.3) is 0 Å². The maximum absolute atomic E-state index is 11.0. The summed E-state index contributed by atoms with van der Waals surface area (Å²) in [6.07, 6.45) is 2.93. The van der Waals surface area contributed by atoms with Gasteiger partial charge in [-0.25, -0.2) is 9.78 Å². The van der Waals surface area contributed by atoms with Crippen LogP contribution in [0, 0.1) is 0 Å². The second kappa shape index (κ2) is 4.45. The highest BCUT2D eigenvalue weighted by molar-refractivity contribution is 5.92. The summed E-state index contributed by atoms with van der Waals surface area (Å²) >= 11 is 0. The second-order valence-corrected chi connectivity index (χ2v) is 5.48. The Morgan fingerprint density at radius 1 is 1.19 bits per heavy atom. The van der Waals surface area contributed by atoms with Gasteiger partial charge in [0.15, 0.2) is 0 Å². The predicted molar refractivity (Wildman–Crippen MR) is 79.5 cm³/mol. The van der Waals surface area contributed by atoms with E-state index in [1.165, 1.54) is 5.56 Å². The molecule has 1 aromatic heterocycles. The van der Waals surface area contributed by atoms with Gasteiger partial charge in [0.2, 0.25) is 0 Å². The van der Waals surface area contributed by atoms with Crippen molar-refractivity contribution in [2.24, 2.45) is 0 Å². The van der Waals surface area contributed by atoms with Crippen LogP contribution in [0.3, 0.4) is 0 Å². The number of carbonyl (C=O) groups is 1. The molecule has 4 nitrogen and oxygen atoms in total. The number of aromatic nitrogens is 2. The molecule has 2 atom stereocenters. The van der Waals surface area contributed by atoms with E-state index in [2.05, 4.69) is 33.8 Å². The van der Waals surface area contributed by atoms with Crippen LogP contribution in [0.5, 0.6) is 0 Å². The lowest BCUT2D eigenvalue weighted by Gasteiger charge is -2.04. The van der Waals surface area contributed by atoms with E-state index < -0.39 is 5.97 Å². The molecule has 4 rings (SSSR count). The number of benzene rings is 2. The molecule has 1 saturated carbocycles. The molecule has 1 N–H and O–H groups in total. The molecule has 2 unspecified atom stereocenters. The first-order valence-electron chi connectivity index (χ1n) is 6.99. The predicted octanol–water partition coefficient (Wildman–Crippen LogP) is 3.46. The monoisotopic (exact) mass is 278 g/mol. The number of fused-ring (bicyclic) bond motifs is 1. The number of imidazole rings is 1. The third-order valence-electron chi connectivity index (χ3n) is 4.16. The maximum Gasteiger partial charge on any atom is 0.335 e. The first-order chi connectivity index (χ1) is 10.2. The lowest BCUT2D eigenvalue weighted by atomic mass is 10.1. The van der Waals surface area contributed by atoms with Gasteiger partial charge in [0, 0.05) is 12.0 Å². The zero-order valence-electron chi connectivity index (χ0n) is 11.3. The van der Waals surface area contributed by atoms with E-state index in [0.717, 1.165) is 17.5 Å². The second-order valence-electron chi connectivity index (χ2n) is 5.48. The molecule has 3 aromatic rings. The highest BCUT2D eigenvalue weighted by Gasteiger charge is 2.40. The third kappa shape index (κ3) is 2.00. The SMILES string of the molecule is O=C(O)c1ccc2c(c1)ncn2C1CC1c1ccccc1. The summed E-state index contributed by atoms with van der Waals surface area (Å²) in [5.41, 5.74) is 3.38. The van der Waals surface area contributed by atoms with Crippen molar-refractivity contribution in [1.82, 2.24) is 9.55 Å². The van der Waals surface area contributed by atoms with Gasteiger partial charge in [-0.05, 0) is 30.2 Å². The minimum Gasteiger partial charge on any atom is -0.478 e. The van der Waals surface area contributed by atoms with Crippen LogP contribution in [0.15, 0.2) is 54.9 Å². The normalized spacial score (nSPS) is 20.6. The van der Waals surface area contributed by atoms with E-state index in [9.17, 15) is 4.79 Å². The molecular formula is C17H14N2O2. The number of carboxylic acid groups (broad SMARTS) is 1. The molecule has 0 saturated heterocycles. The quantitative estimate of drug-likeness (QED) is 0.798. The first-order valence-corrected chi connectivity index (χ1v) is 6.99. The highest BCUT2D eigenvalue weighted by atomic mass is 16.4. The molecule has 21 heavy (non-hydrogen) atoms. The largest absolute Gasteiger partial charge is 0.478 e. The first kappa shape index (κ1) is 12.1. The fourth-order valence-electron chi connectivity index (χ4n) is 2.98. The molecule has 0 bridgehead atoms. The highest BCUT2D eigenvalue weighted by Crippen LogP contribution is 2.52. The zero-order chi connectivity index (χ0) is 14.4. The van der Waals surface area contributed by atoms with E-state index in [0.29, 0.717) is 12.0 Å². The lowest BCUT2D eigenvalue weighted by molar-refractivity contribution is 0.0697. The molecule has 4 heteroatoms. The number of hydrogen-bond acceptors (Lipinski definition) is 2. The van der Waals surface area contributed by atoms with Crippen LogP contribution in [0.4, 0.5) is 0 Å². The van der Waals surface area contributed by atoms with Crippen LogP contribution in [0.2, 0.25) is 0 Å². The van der Waals surface area contributed by atoms with Crippen LogP contribution in [-0.4, -0.2) is 20.6 Å². The standard InChI is InChI=1S/C17H14N2O2/c20-17(21)12-6-7-15-14(8-12)18-10-19(15)16-9-13(16)11-4-2-1-3-5-11/h1-8,10,13,16H,9H2,(H,20,21). The Morgan fingerprint density at radius 2 is 2.00 bits per heavy atom. The van der Waals surface area contributed by atoms with Gasteiger partial charge >= 0.3 is 5.97 Å². The van der Waals surface area contributed by atoms with Crippen molar-refractivity contribution in [3.05, 3.63) is 66.0 Å². The van der Waals surface area contributed by atoms with Crippen LogP contribution in [0.25, 0.3) is 11.0 Å². The molecule has 0 radical (unpaired) electrons. The minimum absolute atomic E-state index is 0.281. The molecule has 0 amide bonds. The molecule has 1 heterocycles. The summed E-state index contributed by atoms with van der Waals surface area (Å²) in [6, 6.07) is 16.0. The van der Waals surface area contributed by atoms with Gasteiger partial charge in [-0.2, -0.15) is 0 Å². The molecule has 0 aliphatic heterocycles. The molecule has 1 aliphatic rings. The number of rotatable bonds is 3. The molecule has 1 aliphatic carbocycles. The molecule has 2 aromatic carbocycles. The minimum atomic E-state index is -0.917. The smallest absolute Gasteiger partial charge is 0.335 e. The fraction of sp³-hybridized carbons (Fsp3) is 0.176. The van der Waals surface area contributed by atoms with Gasteiger partial charge < -0.3 is 9.67 Å². The zero-order valence-corrected chi connectivity index (χ0v) is 11.3.